The van der Waals surface area contributed by atoms with E-state index in [0.717, 1.165) is 12.2 Å². The summed E-state index contributed by atoms with van der Waals surface area (Å²) in [6, 6.07) is 5.04. The molecule has 0 amide bonds. The van der Waals surface area contributed by atoms with Gasteiger partial charge in [-0.3, -0.25) is 14.0 Å². The van der Waals surface area contributed by atoms with Gasteiger partial charge in [0.05, 0.1) is 28.3 Å². The van der Waals surface area contributed by atoms with Crippen LogP contribution >= 0.6 is 11.6 Å². The second kappa shape index (κ2) is 6.12. The summed E-state index contributed by atoms with van der Waals surface area (Å²) in [5.41, 5.74) is 0.439. The van der Waals surface area contributed by atoms with Gasteiger partial charge in [-0.05, 0) is 24.5 Å². The van der Waals surface area contributed by atoms with Crippen molar-refractivity contribution in [2.75, 3.05) is 0 Å². The first kappa shape index (κ1) is 15.7. The van der Waals surface area contributed by atoms with Crippen molar-refractivity contribution < 1.29 is 0 Å². The predicted octanol–water partition coefficient (Wildman–Crippen LogP) is 2.81. The normalized spacial score (nSPS) is 12.9. The van der Waals surface area contributed by atoms with Crippen molar-refractivity contribution in [3.05, 3.63) is 52.1 Å². The maximum atomic E-state index is 13.0. The van der Waals surface area contributed by atoms with Gasteiger partial charge in [-0.2, -0.15) is 5.10 Å². The minimum absolute atomic E-state index is 0.158. The van der Waals surface area contributed by atoms with E-state index in [0.29, 0.717) is 21.8 Å². The van der Waals surface area contributed by atoms with E-state index in [4.69, 9.17) is 11.6 Å². The van der Waals surface area contributed by atoms with Crippen molar-refractivity contribution in [1.82, 2.24) is 24.3 Å². The molecule has 120 valence electrons. The van der Waals surface area contributed by atoms with Gasteiger partial charge >= 0.3 is 0 Å². The molecule has 0 spiro atoms. The molecule has 0 saturated heterocycles. The van der Waals surface area contributed by atoms with E-state index in [1.54, 1.807) is 33.8 Å². The Morgan fingerprint density at radius 1 is 1.26 bits per heavy atom. The average molecular weight is 332 g/mol. The smallest absolute Gasteiger partial charge is 0.263 e. The number of nitrogens with zero attached hydrogens (tertiary/aromatic N) is 5. The summed E-state index contributed by atoms with van der Waals surface area (Å²) in [6.07, 6.45) is 3.82. The van der Waals surface area contributed by atoms with Gasteiger partial charge in [0.15, 0.2) is 0 Å². The average Bonchev–Trinajstić information content (AvgIpc) is 2.91. The van der Waals surface area contributed by atoms with Crippen LogP contribution in [0.3, 0.4) is 0 Å². The molecule has 7 heteroatoms. The monoisotopic (exact) mass is 331 g/mol. The van der Waals surface area contributed by atoms with Crippen LogP contribution in [0.2, 0.25) is 5.02 Å². The topological polar surface area (TPSA) is 65.6 Å². The van der Waals surface area contributed by atoms with Crippen LogP contribution in [0.4, 0.5) is 0 Å². The first-order valence-corrected chi connectivity index (χ1v) is 7.86. The Balaban J connectivity index is 2.23. The van der Waals surface area contributed by atoms with Crippen LogP contribution in [-0.4, -0.2) is 24.3 Å². The van der Waals surface area contributed by atoms with Gasteiger partial charge in [0.2, 0.25) is 0 Å². The van der Waals surface area contributed by atoms with Crippen molar-refractivity contribution >= 4 is 22.5 Å². The van der Waals surface area contributed by atoms with Gasteiger partial charge in [0.1, 0.15) is 12.2 Å². The van der Waals surface area contributed by atoms with Gasteiger partial charge in [-0.25, -0.2) is 9.97 Å². The lowest BCUT2D eigenvalue weighted by Crippen LogP contribution is -2.29. The van der Waals surface area contributed by atoms with Crippen LogP contribution in [0.5, 0.6) is 0 Å². The zero-order chi connectivity index (χ0) is 16.6. The lowest BCUT2D eigenvalue weighted by atomic mass is 10.0. The second-order valence-corrected chi connectivity index (χ2v) is 6.39. The van der Waals surface area contributed by atoms with Crippen molar-refractivity contribution in [3.8, 4) is 0 Å². The third kappa shape index (κ3) is 2.86. The maximum absolute atomic E-state index is 13.0. The molecule has 0 fully saturated rings. The maximum Gasteiger partial charge on any atom is 0.263 e. The summed E-state index contributed by atoms with van der Waals surface area (Å²) < 4.78 is 3.30. The Morgan fingerprint density at radius 2 is 2.04 bits per heavy atom. The van der Waals surface area contributed by atoms with Crippen LogP contribution in [0.15, 0.2) is 35.6 Å². The third-order valence-electron chi connectivity index (χ3n) is 3.84. The minimum Gasteiger partial charge on any atom is -0.288 e. The van der Waals surface area contributed by atoms with Crippen LogP contribution < -0.4 is 5.56 Å². The Hall–Kier alpha value is -2.21. The molecule has 23 heavy (non-hydrogen) atoms. The SMILES string of the molecule is CC(C)C[C@H](c1ncnn1C)n1cnc2cccc(Cl)c2c1=O. The highest BCUT2D eigenvalue weighted by Crippen LogP contribution is 2.24. The zero-order valence-corrected chi connectivity index (χ0v) is 14.0. The molecule has 3 rings (SSSR count). The molecule has 2 aromatic heterocycles. The Kier molecular flexibility index (Phi) is 4.17. The Labute approximate surface area is 138 Å². The molecule has 0 radical (unpaired) electrons. The number of halogens is 1. The van der Waals surface area contributed by atoms with Crippen molar-refractivity contribution in [1.29, 1.82) is 0 Å². The largest absolute Gasteiger partial charge is 0.288 e. The first-order valence-electron chi connectivity index (χ1n) is 7.48. The van der Waals surface area contributed by atoms with Gasteiger partial charge in [0, 0.05) is 7.05 Å². The Morgan fingerprint density at radius 3 is 2.70 bits per heavy atom. The quantitative estimate of drug-likeness (QED) is 0.737. The molecule has 1 aromatic carbocycles. The van der Waals surface area contributed by atoms with E-state index in [1.165, 1.54) is 6.33 Å². The second-order valence-electron chi connectivity index (χ2n) is 5.98. The van der Waals surface area contributed by atoms with Crippen molar-refractivity contribution in [3.63, 3.8) is 0 Å². The zero-order valence-electron chi connectivity index (χ0n) is 13.3. The highest BCUT2D eigenvalue weighted by atomic mass is 35.5. The number of hydrogen-bond acceptors (Lipinski definition) is 4. The number of rotatable bonds is 4. The lowest BCUT2D eigenvalue weighted by Gasteiger charge is -2.21. The number of hydrogen-bond donors (Lipinski definition) is 0. The molecule has 0 unspecified atom stereocenters. The minimum atomic E-state index is -0.233. The Bertz CT molecular complexity index is 899. The van der Waals surface area contributed by atoms with E-state index in [9.17, 15) is 4.79 Å². The highest BCUT2D eigenvalue weighted by molar-refractivity contribution is 6.35. The molecule has 1 atom stereocenters. The first-order chi connectivity index (χ1) is 11.0. The fourth-order valence-electron chi connectivity index (χ4n) is 2.76. The number of benzene rings is 1. The summed E-state index contributed by atoms with van der Waals surface area (Å²) in [4.78, 5) is 21.7. The van der Waals surface area contributed by atoms with E-state index in [1.807, 2.05) is 7.05 Å². The van der Waals surface area contributed by atoms with E-state index < -0.39 is 0 Å². The lowest BCUT2D eigenvalue weighted by molar-refractivity contribution is 0.411. The van der Waals surface area contributed by atoms with Gasteiger partial charge in [0.25, 0.3) is 5.56 Å². The molecular formula is C16H18ClN5O. The van der Waals surface area contributed by atoms with E-state index >= 15 is 0 Å². The molecule has 0 aliphatic rings. The number of aromatic nitrogens is 5. The van der Waals surface area contributed by atoms with Gasteiger partial charge in [-0.15, -0.1) is 0 Å². The molecule has 0 bridgehead atoms. The molecule has 3 aromatic rings. The predicted molar refractivity (Wildman–Crippen MR) is 89.6 cm³/mol. The molecule has 2 heterocycles. The van der Waals surface area contributed by atoms with Gasteiger partial charge < -0.3 is 0 Å². The van der Waals surface area contributed by atoms with Crippen LogP contribution in [0, 0.1) is 5.92 Å². The fraction of sp³-hybridized carbons (Fsp3) is 0.375. The number of fused-ring (bicyclic) bond motifs is 1. The standard InChI is InChI=1S/C16H18ClN5O/c1-10(2)7-13(15-18-8-20-21(15)3)22-9-19-12-6-4-5-11(17)14(12)16(22)23/h4-6,8-10,13H,7H2,1-3H3/t13-/m1/s1. The van der Waals surface area contributed by atoms with Crippen LogP contribution in [0.25, 0.3) is 10.9 Å². The highest BCUT2D eigenvalue weighted by Gasteiger charge is 2.22. The molecular weight excluding hydrogens is 314 g/mol. The molecule has 0 aliphatic carbocycles. The van der Waals surface area contributed by atoms with Crippen molar-refractivity contribution in [2.45, 2.75) is 26.3 Å². The van der Waals surface area contributed by atoms with Gasteiger partial charge in [-0.1, -0.05) is 31.5 Å². The fourth-order valence-corrected chi connectivity index (χ4v) is 3.01. The van der Waals surface area contributed by atoms with Crippen molar-refractivity contribution in [2.24, 2.45) is 13.0 Å². The summed E-state index contributed by atoms with van der Waals surface area (Å²) >= 11 is 6.21. The molecule has 0 N–H and O–H groups in total. The summed E-state index contributed by atoms with van der Waals surface area (Å²) in [5, 5.41) is 4.97. The number of aryl methyl sites for hydroxylation is 1. The third-order valence-corrected chi connectivity index (χ3v) is 4.15. The van der Waals surface area contributed by atoms with Crippen LogP contribution in [-0.2, 0) is 7.05 Å². The summed E-state index contributed by atoms with van der Waals surface area (Å²) in [5.74, 6) is 1.11. The molecule has 0 aliphatic heterocycles. The summed E-state index contributed by atoms with van der Waals surface area (Å²) in [7, 11) is 1.82. The summed E-state index contributed by atoms with van der Waals surface area (Å²) in [6.45, 7) is 4.21. The van der Waals surface area contributed by atoms with E-state index in [2.05, 4.69) is 28.9 Å². The molecule has 6 nitrogen and oxygen atoms in total. The van der Waals surface area contributed by atoms with Crippen LogP contribution in [0.1, 0.15) is 32.1 Å². The van der Waals surface area contributed by atoms with E-state index in [-0.39, 0.29) is 11.6 Å². The molecule has 0 saturated carbocycles.